The van der Waals surface area contributed by atoms with Crippen LogP contribution in [0.5, 0.6) is 11.5 Å². The predicted octanol–water partition coefficient (Wildman–Crippen LogP) is 5.75. The molecule has 0 aliphatic carbocycles. The highest BCUT2D eigenvalue weighted by Gasteiger charge is 2.06. The van der Waals surface area contributed by atoms with Crippen molar-refractivity contribution in [2.24, 2.45) is 0 Å². The minimum absolute atomic E-state index is 0.852. The first-order valence-electron chi connectivity index (χ1n) is 6.41. The predicted molar refractivity (Wildman–Crippen MR) is 91.1 cm³/mol. The summed E-state index contributed by atoms with van der Waals surface area (Å²) >= 11 is 2.31. The Morgan fingerprint density at radius 3 is 2.05 bits per heavy atom. The van der Waals surface area contributed by atoms with E-state index in [1.165, 1.54) is 3.57 Å². The standard InChI is InChI=1S/C18H13IO/c19-15-12-10-14(11-13-15)17-8-4-5-9-18(17)20-16-6-2-1-3-7-16/h1-13H. The summed E-state index contributed by atoms with van der Waals surface area (Å²) < 4.78 is 7.22. The van der Waals surface area contributed by atoms with E-state index < -0.39 is 0 Å². The lowest BCUT2D eigenvalue weighted by Gasteiger charge is -2.11. The lowest BCUT2D eigenvalue weighted by atomic mass is 10.1. The molecule has 20 heavy (non-hydrogen) atoms. The summed E-state index contributed by atoms with van der Waals surface area (Å²) in [4.78, 5) is 0. The van der Waals surface area contributed by atoms with Gasteiger partial charge in [0, 0.05) is 9.13 Å². The van der Waals surface area contributed by atoms with Crippen molar-refractivity contribution in [3.8, 4) is 22.6 Å². The minimum atomic E-state index is 0.852. The number of benzene rings is 3. The third kappa shape index (κ3) is 3.02. The average Bonchev–Trinajstić information content (AvgIpc) is 2.50. The third-order valence-electron chi connectivity index (χ3n) is 3.01. The van der Waals surface area contributed by atoms with Crippen LogP contribution in [0.1, 0.15) is 0 Å². The summed E-state index contributed by atoms with van der Waals surface area (Å²) in [6.07, 6.45) is 0. The molecule has 0 atom stereocenters. The number of para-hydroxylation sites is 2. The van der Waals surface area contributed by atoms with Crippen LogP contribution >= 0.6 is 22.6 Å². The van der Waals surface area contributed by atoms with E-state index in [0.717, 1.165) is 22.6 Å². The molecule has 0 radical (unpaired) electrons. The molecule has 0 aromatic heterocycles. The van der Waals surface area contributed by atoms with Crippen LogP contribution in [0.15, 0.2) is 78.9 Å². The first-order valence-corrected chi connectivity index (χ1v) is 7.49. The second kappa shape index (κ2) is 6.09. The third-order valence-corrected chi connectivity index (χ3v) is 3.73. The first-order chi connectivity index (χ1) is 9.83. The second-order valence-corrected chi connectivity index (χ2v) is 5.66. The topological polar surface area (TPSA) is 9.23 Å². The van der Waals surface area contributed by atoms with Crippen LogP contribution in [-0.2, 0) is 0 Å². The molecule has 0 unspecified atom stereocenters. The molecule has 1 nitrogen and oxygen atoms in total. The lowest BCUT2D eigenvalue weighted by Crippen LogP contribution is -1.88. The molecule has 0 amide bonds. The van der Waals surface area contributed by atoms with Crippen LogP contribution in [-0.4, -0.2) is 0 Å². The highest BCUT2D eigenvalue weighted by Crippen LogP contribution is 2.33. The zero-order valence-electron chi connectivity index (χ0n) is 10.8. The van der Waals surface area contributed by atoms with Crippen LogP contribution < -0.4 is 4.74 Å². The Bertz CT molecular complexity index is 690. The number of ether oxygens (including phenoxy) is 1. The molecular formula is C18H13IO. The summed E-state index contributed by atoms with van der Waals surface area (Å²) in [5, 5.41) is 0. The molecule has 0 fully saturated rings. The molecule has 2 heteroatoms. The van der Waals surface area contributed by atoms with Crippen molar-refractivity contribution in [2.75, 3.05) is 0 Å². The highest BCUT2D eigenvalue weighted by atomic mass is 127. The summed E-state index contributed by atoms with van der Waals surface area (Å²) in [6, 6.07) is 26.4. The Kier molecular flexibility index (Phi) is 4.02. The van der Waals surface area contributed by atoms with Gasteiger partial charge < -0.3 is 4.74 Å². The van der Waals surface area contributed by atoms with Crippen LogP contribution in [0.4, 0.5) is 0 Å². The molecule has 3 aromatic carbocycles. The summed E-state index contributed by atoms with van der Waals surface area (Å²) in [5.74, 6) is 1.73. The van der Waals surface area contributed by atoms with Gasteiger partial charge >= 0.3 is 0 Å². The van der Waals surface area contributed by atoms with Crippen molar-refractivity contribution in [1.82, 2.24) is 0 Å². The smallest absolute Gasteiger partial charge is 0.135 e. The first kappa shape index (κ1) is 13.2. The molecular weight excluding hydrogens is 359 g/mol. The highest BCUT2D eigenvalue weighted by molar-refractivity contribution is 14.1. The Morgan fingerprint density at radius 2 is 1.30 bits per heavy atom. The summed E-state index contributed by atoms with van der Waals surface area (Å²) in [7, 11) is 0. The van der Waals surface area contributed by atoms with E-state index in [-0.39, 0.29) is 0 Å². The second-order valence-electron chi connectivity index (χ2n) is 4.42. The van der Waals surface area contributed by atoms with Gasteiger partial charge in [0.2, 0.25) is 0 Å². The van der Waals surface area contributed by atoms with Gasteiger partial charge in [0.05, 0.1) is 0 Å². The molecule has 3 aromatic rings. The van der Waals surface area contributed by atoms with E-state index in [2.05, 4.69) is 52.9 Å². The lowest BCUT2D eigenvalue weighted by molar-refractivity contribution is 0.484. The Morgan fingerprint density at radius 1 is 0.650 bits per heavy atom. The SMILES string of the molecule is Ic1ccc(-c2ccccc2Oc2ccccc2)cc1. The minimum Gasteiger partial charge on any atom is -0.457 e. The molecule has 0 heterocycles. The maximum atomic E-state index is 5.99. The van der Waals surface area contributed by atoms with E-state index in [1.54, 1.807) is 0 Å². The Balaban J connectivity index is 1.98. The zero-order valence-corrected chi connectivity index (χ0v) is 12.9. The molecule has 98 valence electrons. The van der Waals surface area contributed by atoms with Crippen molar-refractivity contribution < 1.29 is 4.74 Å². The van der Waals surface area contributed by atoms with E-state index in [1.807, 2.05) is 48.5 Å². The molecule has 0 aliphatic heterocycles. The Labute approximate surface area is 132 Å². The van der Waals surface area contributed by atoms with Crippen molar-refractivity contribution in [3.63, 3.8) is 0 Å². The molecule has 0 spiro atoms. The van der Waals surface area contributed by atoms with Crippen molar-refractivity contribution in [2.45, 2.75) is 0 Å². The average molecular weight is 372 g/mol. The monoisotopic (exact) mass is 372 g/mol. The normalized spacial score (nSPS) is 10.2. The largest absolute Gasteiger partial charge is 0.457 e. The van der Waals surface area contributed by atoms with E-state index in [9.17, 15) is 0 Å². The fourth-order valence-electron chi connectivity index (χ4n) is 2.04. The summed E-state index contributed by atoms with van der Waals surface area (Å²) in [6.45, 7) is 0. The van der Waals surface area contributed by atoms with Gasteiger partial charge in [-0.25, -0.2) is 0 Å². The molecule has 3 rings (SSSR count). The van der Waals surface area contributed by atoms with Gasteiger partial charge in [-0.15, -0.1) is 0 Å². The molecule has 0 saturated heterocycles. The van der Waals surface area contributed by atoms with Gasteiger partial charge in [0.25, 0.3) is 0 Å². The van der Waals surface area contributed by atoms with Crippen LogP contribution in [0.2, 0.25) is 0 Å². The van der Waals surface area contributed by atoms with Crippen molar-refractivity contribution in [3.05, 3.63) is 82.4 Å². The quantitative estimate of drug-likeness (QED) is 0.532. The molecule has 0 bridgehead atoms. The molecule has 0 N–H and O–H groups in total. The van der Waals surface area contributed by atoms with Gasteiger partial charge in [0.1, 0.15) is 11.5 Å². The van der Waals surface area contributed by atoms with E-state index in [0.29, 0.717) is 0 Å². The van der Waals surface area contributed by atoms with Gasteiger partial charge in [0.15, 0.2) is 0 Å². The van der Waals surface area contributed by atoms with E-state index >= 15 is 0 Å². The van der Waals surface area contributed by atoms with Crippen molar-refractivity contribution in [1.29, 1.82) is 0 Å². The fraction of sp³-hybridized carbons (Fsp3) is 0. The molecule has 0 aliphatic rings. The van der Waals surface area contributed by atoms with E-state index in [4.69, 9.17) is 4.74 Å². The van der Waals surface area contributed by atoms with Gasteiger partial charge in [-0.1, -0.05) is 48.5 Å². The van der Waals surface area contributed by atoms with Crippen molar-refractivity contribution >= 4 is 22.6 Å². The number of rotatable bonds is 3. The maximum Gasteiger partial charge on any atom is 0.135 e. The number of hydrogen-bond donors (Lipinski definition) is 0. The van der Waals surface area contributed by atoms with Crippen LogP contribution in [0.3, 0.4) is 0 Å². The zero-order chi connectivity index (χ0) is 13.8. The number of halogens is 1. The van der Waals surface area contributed by atoms with Gasteiger partial charge in [-0.2, -0.15) is 0 Å². The Hall–Kier alpha value is -1.81. The number of hydrogen-bond acceptors (Lipinski definition) is 1. The van der Waals surface area contributed by atoms with Crippen LogP contribution in [0, 0.1) is 3.57 Å². The van der Waals surface area contributed by atoms with Gasteiger partial charge in [-0.3, -0.25) is 0 Å². The fourth-order valence-corrected chi connectivity index (χ4v) is 2.40. The summed E-state index contributed by atoms with van der Waals surface area (Å²) in [5.41, 5.74) is 2.27. The molecule has 0 saturated carbocycles. The van der Waals surface area contributed by atoms with Crippen LogP contribution in [0.25, 0.3) is 11.1 Å². The maximum absolute atomic E-state index is 5.99. The van der Waals surface area contributed by atoms with Gasteiger partial charge in [-0.05, 0) is 58.5 Å².